The summed E-state index contributed by atoms with van der Waals surface area (Å²) in [6, 6.07) is 3.54. The molecular formula is C26H29NO12. The van der Waals surface area contributed by atoms with Crippen LogP contribution >= 0.6 is 0 Å². The van der Waals surface area contributed by atoms with Gasteiger partial charge in [-0.1, -0.05) is 6.07 Å². The average molecular weight is 548 g/mol. The van der Waals surface area contributed by atoms with E-state index in [2.05, 4.69) is 4.90 Å². The molecule has 0 unspecified atom stereocenters. The van der Waals surface area contributed by atoms with E-state index in [9.17, 15) is 34.5 Å². The van der Waals surface area contributed by atoms with Crippen molar-refractivity contribution in [3.05, 3.63) is 35.1 Å². The molecule has 0 radical (unpaired) electrons. The van der Waals surface area contributed by atoms with Gasteiger partial charge in [0.2, 0.25) is 6.10 Å². The number of carbonyl (C=O) groups excluding carboxylic acids is 2. The molecule has 0 aromatic heterocycles. The Morgan fingerprint density at radius 1 is 1.15 bits per heavy atom. The number of likely N-dealkylation sites (tertiary alicyclic amines) is 1. The summed E-state index contributed by atoms with van der Waals surface area (Å²) in [4.78, 5) is 49.3. The summed E-state index contributed by atoms with van der Waals surface area (Å²) < 4.78 is 22.2. The SMILES string of the molecule is COc1ccc2c3c1O[C@@H]1C(OC(=O)C[C@H](OC(=O)C[C@H](O)C(=O)O)C(=O)O)=CC[C@]4(O)[C@H](C2)N(C)CC[C@@]314. The van der Waals surface area contributed by atoms with E-state index in [1.807, 2.05) is 13.1 Å². The van der Waals surface area contributed by atoms with Gasteiger partial charge >= 0.3 is 23.9 Å². The van der Waals surface area contributed by atoms with Crippen molar-refractivity contribution >= 4 is 23.9 Å². The molecule has 2 bridgehead atoms. The van der Waals surface area contributed by atoms with Crippen molar-refractivity contribution in [1.29, 1.82) is 0 Å². The number of nitrogens with zero attached hydrogens (tertiary/aromatic N) is 1. The number of piperidine rings is 1. The molecule has 6 atom stereocenters. The Hall–Kier alpha value is -3.68. The van der Waals surface area contributed by atoms with Crippen molar-refractivity contribution in [3.8, 4) is 11.5 Å². The molecule has 4 aliphatic rings. The van der Waals surface area contributed by atoms with Gasteiger partial charge in [-0.25, -0.2) is 9.59 Å². The highest BCUT2D eigenvalue weighted by molar-refractivity contribution is 5.85. The van der Waals surface area contributed by atoms with Gasteiger partial charge in [0.25, 0.3) is 0 Å². The number of aliphatic carboxylic acids is 2. The van der Waals surface area contributed by atoms with Crippen molar-refractivity contribution in [2.24, 2.45) is 0 Å². The van der Waals surface area contributed by atoms with Crippen LogP contribution in [-0.2, 0) is 40.5 Å². The molecule has 5 rings (SSSR count). The van der Waals surface area contributed by atoms with Crippen molar-refractivity contribution in [2.45, 2.75) is 67.5 Å². The van der Waals surface area contributed by atoms with Crippen LogP contribution in [0.25, 0.3) is 0 Å². The summed E-state index contributed by atoms with van der Waals surface area (Å²) in [7, 11) is 3.46. The van der Waals surface area contributed by atoms with E-state index in [1.165, 1.54) is 7.11 Å². The number of carbonyl (C=O) groups is 4. The van der Waals surface area contributed by atoms with Gasteiger partial charge in [-0.05, 0) is 44.1 Å². The van der Waals surface area contributed by atoms with Gasteiger partial charge < -0.3 is 44.3 Å². The Kier molecular flexibility index (Phi) is 6.56. The number of aliphatic hydroxyl groups is 2. The normalized spacial score (nSPS) is 29.7. The highest BCUT2D eigenvalue weighted by Crippen LogP contribution is 2.65. The Morgan fingerprint density at radius 2 is 1.90 bits per heavy atom. The maximum Gasteiger partial charge on any atom is 0.345 e. The third-order valence-electron chi connectivity index (χ3n) is 8.34. The quantitative estimate of drug-likeness (QED) is 0.296. The van der Waals surface area contributed by atoms with Gasteiger partial charge in [0.1, 0.15) is 5.76 Å². The number of hydrogen-bond donors (Lipinski definition) is 4. The van der Waals surface area contributed by atoms with Gasteiger partial charge in [0.05, 0.1) is 31.0 Å². The van der Waals surface area contributed by atoms with Crippen molar-refractivity contribution in [2.75, 3.05) is 20.7 Å². The molecule has 1 fully saturated rings. The Balaban J connectivity index is 1.40. The second-order valence-electron chi connectivity index (χ2n) is 10.3. The van der Waals surface area contributed by atoms with Crippen LogP contribution in [0.4, 0.5) is 0 Å². The molecular weight excluding hydrogens is 518 g/mol. The first-order valence-corrected chi connectivity index (χ1v) is 12.5. The molecule has 1 saturated heterocycles. The monoisotopic (exact) mass is 547 g/mol. The zero-order valence-corrected chi connectivity index (χ0v) is 21.3. The van der Waals surface area contributed by atoms with Crippen LogP contribution in [0.5, 0.6) is 11.5 Å². The number of ether oxygens (including phenoxy) is 4. The summed E-state index contributed by atoms with van der Waals surface area (Å²) in [6.07, 6.45) is -3.98. The zero-order chi connectivity index (χ0) is 28.3. The molecule has 0 amide bonds. The molecule has 1 aromatic carbocycles. The number of hydrogen-bond acceptors (Lipinski definition) is 11. The first kappa shape index (κ1) is 26.9. The Bertz CT molecular complexity index is 1280. The van der Waals surface area contributed by atoms with E-state index in [-0.39, 0.29) is 18.2 Å². The molecule has 1 aromatic rings. The second kappa shape index (κ2) is 9.50. The molecule has 39 heavy (non-hydrogen) atoms. The fourth-order valence-electron chi connectivity index (χ4n) is 6.54. The number of carboxylic acid groups (broad SMARTS) is 2. The minimum Gasteiger partial charge on any atom is -0.493 e. The number of benzene rings is 1. The maximum atomic E-state index is 12.9. The molecule has 2 heterocycles. The lowest BCUT2D eigenvalue weighted by molar-refractivity contribution is -0.174. The van der Waals surface area contributed by atoms with Crippen LogP contribution in [0.3, 0.4) is 0 Å². The smallest absolute Gasteiger partial charge is 0.345 e. The zero-order valence-electron chi connectivity index (χ0n) is 21.3. The van der Waals surface area contributed by atoms with Crippen LogP contribution in [0, 0.1) is 0 Å². The van der Waals surface area contributed by atoms with E-state index >= 15 is 0 Å². The van der Waals surface area contributed by atoms with Crippen molar-refractivity contribution in [1.82, 2.24) is 4.90 Å². The van der Waals surface area contributed by atoms with Crippen LogP contribution in [0.2, 0.25) is 0 Å². The fourth-order valence-corrected chi connectivity index (χ4v) is 6.54. The minimum atomic E-state index is -2.08. The summed E-state index contributed by atoms with van der Waals surface area (Å²) >= 11 is 0. The lowest BCUT2D eigenvalue weighted by Gasteiger charge is -2.61. The molecule has 210 valence electrons. The lowest BCUT2D eigenvalue weighted by Crippen LogP contribution is -2.74. The molecule has 13 heteroatoms. The van der Waals surface area contributed by atoms with Crippen LogP contribution < -0.4 is 9.47 Å². The predicted octanol–water partition coefficient (Wildman–Crippen LogP) is -0.262. The standard InChI is InChI=1S/C26H29NO12/c1-27-8-7-25-20-12-3-4-14(36-2)21(20)39-22(25)15(5-6-26(25,35)17(27)9-12)37-19(30)11-16(24(33)34)38-18(29)10-13(28)23(31)32/h3-5,13,16-17,22,28,35H,6-11H2,1-2H3,(H,31,32)(H,33,34)/t13-,16-,17-,22+,25+,26-/m0/s1. The van der Waals surface area contributed by atoms with Gasteiger partial charge in [0, 0.05) is 18.0 Å². The summed E-state index contributed by atoms with van der Waals surface area (Å²) in [5.41, 5.74) is -0.328. The Labute approximate surface area is 222 Å². The molecule has 2 aliphatic carbocycles. The first-order valence-electron chi connectivity index (χ1n) is 12.5. The number of methoxy groups -OCH3 is 1. The molecule has 2 aliphatic heterocycles. The van der Waals surface area contributed by atoms with Gasteiger partial charge in [0.15, 0.2) is 23.7 Å². The molecule has 4 N–H and O–H groups in total. The van der Waals surface area contributed by atoms with E-state index in [0.717, 1.165) is 11.1 Å². The Morgan fingerprint density at radius 3 is 2.56 bits per heavy atom. The maximum absolute atomic E-state index is 12.9. The largest absolute Gasteiger partial charge is 0.493 e. The lowest BCUT2D eigenvalue weighted by atomic mass is 9.50. The summed E-state index contributed by atoms with van der Waals surface area (Å²) in [5, 5.41) is 39.6. The van der Waals surface area contributed by atoms with Crippen LogP contribution in [0.1, 0.15) is 36.8 Å². The number of carboxylic acids is 2. The minimum absolute atomic E-state index is 0.107. The number of likely N-dealkylation sites (N-methyl/N-ethyl adjacent to an activating group) is 1. The predicted molar refractivity (Wildman–Crippen MR) is 128 cm³/mol. The third kappa shape index (κ3) is 4.03. The highest BCUT2D eigenvalue weighted by atomic mass is 16.6. The summed E-state index contributed by atoms with van der Waals surface area (Å²) in [5.74, 6) is -4.62. The highest BCUT2D eigenvalue weighted by Gasteiger charge is 2.72. The fraction of sp³-hybridized carbons (Fsp3) is 0.538. The van der Waals surface area contributed by atoms with Gasteiger partial charge in [-0.15, -0.1) is 0 Å². The average Bonchev–Trinajstić information content (AvgIpc) is 3.23. The topological polar surface area (TPSA) is 189 Å². The number of aliphatic hydroxyl groups excluding tert-OH is 1. The third-order valence-corrected chi connectivity index (χ3v) is 8.34. The first-order chi connectivity index (χ1) is 18.4. The van der Waals surface area contributed by atoms with E-state index in [1.54, 1.807) is 12.1 Å². The van der Waals surface area contributed by atoms with Crippen LogP contribution in [0.15, 0.2) is 24.0 Å². The second-order valence-corrected chi connectivity index (χ2v) is 10.3. The van der Waals surface area contributed by atoms with E-state index in [0.29, 0.717) is 30.9 Å². The van der Waals surface area contributed by atoms with Crippen molar-refractivity contribution < 1.29 is 58.6 Å². The van der Waals surface area contributed by atoms with Gasteiger partial charge in [-0.2, -0.15) is 0 Å². The number of esters is 2. The van der Waals surface area contributed by atoms with Crippen molar-refractivity contribution in [3.63, 3.8) is 0 Å². The molecule has 13 nitrogen and oxygen atoms in total. The van der Waals surface area contributed by atoms with Crippen LogP contribution in [-0.4, -0.2) is 99.9 Å². The van der Waals surface area contributed by atoms with E-state index < -0.39 is 66.0 Å². The summed E-state index contributed by atoms with van der Waals surface area (Å²) in [6.45, 7) is 0.656. The number of rotatable bonds is 9. The van der Waals surface area contributed by atoms with Gasteiger partial charge in [-0.3, -0.25) is 9.59 Å². The molecule has 1 spiro atoms. The molecule has 0 saturated carbocycles. The van der Waals surface area contributed by atoms with E-state index in [4.69, 9.17) is 24.1 Å².